The molecule has 72 heavy (non-hydrogen) atoms. The van der Waals surface area contributed by atoms with Gasteiger partial charge in [0.15, 0.2) is 0 Å². The van der Waals surface area contributed by atoms with Crippen LogP contribution in [0.4, 0.5) is 0 Å². The molecule has 0 heterocycles. The molecule has 2 unspecified atom stereocenters. The first-order valence-corrected chi connectivity index (χ1v) is 21.7. The van der Waals surface area contributed by atoms with Crippen LogP contribution >= 0.6 is 0 Å². The standard InChI is InChI=1S/C17H36O8.C16H34O7.C10H22O4.10CH4/c1-18-5-9-22-13-17(14-23-10-6-19-2,15-24-11-7-20-3)16-25-12-8-21-4;1-5-6-20-11-15(19-4)14-23-16(12-21-9-7-17-2)13-22-10-8-18-3;1-4-5-13-8-10(12-3)9-14-7-6-11-2;;;;;;;;;;/h5-16H2,1-4H3;15-16H,5-14H2,1-4H3;10H,4-9H2,1-3H3;10*1H4. The third-order valence-corrected chi connectivity index (χ3v) is 8.06. The van der Waals surface area contributed by atoms with Crippen molar-refractivity contribution in [2.75, 3.05) is 236 Å². The van der Waals surface area contributed by atoms with E-state index in [2.05, 4.69) is 13.8 Å². The lowest BCUT2D eigenvalue weighted by atomic mass is 9.92. The summed E-state index contributed by atoms with van der Waals surface area (Å²) in [5.74, 6) is 0. The van der Waals surface area contributed by atoms with E-state index in [4.69, 9.17) is 90.0 Å². The normalized spacial score (nSPS) is 10.8. The van der Waals surface area contributed by atoms with Crippen LogP contribution < -0.4 is 0 Å². The van der Waals surface area contributed by atoms with Gasteiger partial charge in [-0.2, -0.15) is 0 Å². The Morgan fingerprint density at radius 1 is 0.250 bits per heavy atom. The lowest BCUT2D eigenvalue weighted by molar-refractivity contribution is -0.118. The smallest absolute Gasteiger partial charge is 0.104 e. The second kappa shape index (κ2) is 89.8. The van der Waals surface area contributed by atoms with Gasteiger partial charge in [-0.15, -0.1) is 0 Å². The minimum Gasteiger partial charge on any atom is -0.382 e. The van der Waals surface area contributed by atoms with Crippen LogP contribution in [0.1, 0.15) is 101 Å². The summed E-state index contributed by atoms with van der Waals surface area (Å²) in [6, 6.07) is 0. The Morgan fingerprint density at radius 3 is 0.681 bits per heavy atom. The second-order valence-electron chi connectivity index (χ2n) is 13.7. The van der Waals surface area contributed by atoms with Crippen LogP contribution in [0.3, 0.4) is 0 Å². The van der Waals surface area contributed by atoms with E-state index < -0.39 is 5.41 Å². The van der Waals surface area contributed by atoms with Crippen molar-refractivity contribution in [3.05, 3.63) is 0 Å². The highest BCUT2D eigenvalue weighted by molar-refractivity contribution is 4.79. The first kappa shape index (κ1) is 104. The summed E-state index contributed by atoms with van der Waals surface area (Å²) in [4.78, 5) is 0. The van der Waals surface area contributed by atoms with E-state index in [0.29, 0.717) is 159 Å². The summed E-state index contributed by atoms with van der Waals surface area (Å²) in [5.41, 5.74) is -0.414. The van der Waals surface area contributed by atoms with Gasteiger partial charge in [-0.25, -0.2) is 0 Å². The maximum absolute atomic E-state index is 5.85. The quantitative estimate of drug-likeness (QED) is 0.0527. The minimum absolute atomic E-state index is 0. The predicted octanol–water partition coefficient (Wildman–Crippen LogP) is 9.22. The molecule has 0 aromatic rings. The number of rotatable bonds is 48. The Morgan fingerprint density at radius 2 is 0.458 bits per heavy atom. The molecular formula is C53H132O19. The molecule has 0 amide bonds. The third-order valence-electron chi connectivity index (χ3n) is 8.06. The molecule has 0 aliphatic carbocycles. The molecule has 0 aromatic heterocycles. The molecule has 19 heteroatoms. The van der Waals surface area contributed by atoms with Gasteiger partial charge in [0, 0.05) is 77.2 Å². The second-order valence-corrected chi connectivity index (χ2v) is 13.7. The topological polar surface area (TPSA) is 175 Å². The molecule has 0 aliphatic rings. The lowest BCUT2D eigenvalue weighted by Crippen LogP contribution is -2.42. The van der Waals surface area contributed by atoms with Crippen LogP contribution in [0.5, 0.6) is 0 Å². The third kappa shape index (κ3) is 78.1. The highest BCUT2D eigenvalue weighted by Crippen LogP contribution is 2.21. The fourth-order valence-electron chi connectivity index (χ4n) is 4.52. The molecule has 0 rings (SSSR count). The van der Waals surface area contributed by atoms with Crippen LogP contribution in [0, 0.1) is 5.41 Å². The first-order valence-electron chi connectivity index (χ1n) is 21.7. The van der Waals surface area contributed by atoms with Crippen molar-refractivity contribution >= 4 is 0 Å². The molecule has 0 spiro atoms. The van der Waals surface area contributed by atoms with E-state index in [1.165, 1.54) is 0 Å². The van der Waals surface area contributed by atoms with Crippen molar-refractivity contribution in [2.45, 2.75) is 119 Å². The zero-order chi connectivity index (χ0) is 46.5. The molecule has 0 aliphatic heterocycles. The van der Waals surface area contributed by atoms with Gasteiger partial charge in [0.25, 0.3) is 0 Å². The van der Waals surface area contributed by atoms with E-state index in [0.717, 1.165) is 26.1 Å². The Bertz CT molecular complexity index is 731. The molecule has 0 saturated heterocycles. The molecular weight excluding hydrogens is 941 g/mol. The zero-order valence-corrected chi connectivity index (χ0v) is 40.8. The lowest BCUT2D eigenvalue weighted by Gasteiger charge is -2.33. The van der Waals surface area contributed by atoms with Crippen molar-refractivity contribution in [1.82, 2.24) is 0 Å². The summed E-state index contributed by atoms with van der Waals surface area (Å²) in [6.07, 6.45) is 1.79. The van der Waals surface area contributed by atoms with Gasteiger partial charge in [-0.3, -0.25) is 0 Å². The fourth-order valence-corrected chi connectivity index (χ4v) is 4.52. The van der Waals surface area contributed by atoms with Crippen LogP contribution in [0.25, 0.3) is 0 Å². The van der Waals surface area contributed by atoms with Crippen molar-refractivity contribution in [2.24, 2.45) is 5.41 Å². The van der Waals surface area contributed by atoms with E-state index >= 15 is 0 Å². The van der Waals surface area contributed by atoms with E-state index in [1.807, 2.05) is 0 Å². The summed E-state index contributed by atoms with van der Waals surface area (Å²) >= 11 is 0. The predicted molar refractivity (Wildman–Crippen MR) is 302 cm³/mol. The van der Waals surface area contributed by atoms with Gasteiger partial charge in [-0.1, -0.05) is 88.1 Å². The van der Waals surface area contributed by atoms with Gasteiger partial charge in [0.1, 0.15) is 18.3 Å². The maximum Gasteiger partial charge on any atom is 0.104 e. The van der Waals surface area contributed by atoms with Gasteiger partial charge in [0.2, 0.25) is 0 Å². The van der Waals surface area contributed by atoms with Gasteiger partial charge in [-0.05, 0) is 12.8 Å². The van der Waals surface area contributed by atoms with Gasteiger partial charge < -0.3 is 90.0 Å². The Kier molecular flexibility index (Phi) is 129. The summed E-state index contributed by atoms with van der Waals surface area (Å²) < 4.78 is 102. The number of methoxy groups -OCH3 is 9. The first-order chi connectivity index (χ1) is 30.4. The molecule has 458 valence electrons. The van der Waals surface area contributed by atoms with Crippen LogP contribution in [-0.2, 0) is 90.0 Å². The number of hydrogen-bond acceptors (Lipinski definition) is 19. The van der Waals surface area contributed by atoms with Crippen molar-refractivity contribution in [1.29, 1.82) is 0 Å². The molecule has 0 bridgehead atoms. The Balaban J connectivity index is -0.0000000635. The van der Waals surface area contributed by atoms with Crippen molar-refractivity contribution in [3.63, 3.8) is 0 Å². The minimum atomic E-state index is -0.414. The van der Waals surface area contributed by atoms with Crippen LogP contribution in [-0.4, -0.2) is 254 Å². The largest absolute Gasteiger partial charge is 0.382 e. The van der Waals surface area contributed by atoms with E-state index in [9.17, 15) is 0 Å². The van der Waals surface area contributed by atoms with Crippen LogP contribution in [0.15, 0.2) is 0 Å². The molecule has 19 nitrogen and oxygen atoms in total. The average Bonchev–Trinajstić information content (AvgIpc) is 3.29. The van der Waals surface area contributed by atoms with Crippen LogP contribution in [0.2, 0.25) is 0 Å². The van der Waals surface area contributed by atoms with E-state index in [-0.39, 0.29) is 92.6 Å². The number of ether oxygens (including phenoxy) is 19. The van der Waals surface area contributed by atoms with Gasteiger partial charge >= 0.3 is 0 Å². The van der Waals surface area contributed by atoms with Crippen molar-refractivity contribution < 1.29 is 90.0 Å². The average molecular weight is 1070 g/mol. The molecule has 0 N–H and O–H groups in total. The molecule has 0 saturated carbocycles. The summed E-state index contributed by atoms with van der Waals surface area (Å²) in [6.45, 7) is 18.0. The SMILES string of the molecule is C.C.C.C.C.C.C.C.C.C.CCCOCC(COC(COCCOC)COCCOC)OC.CCCOCC(COCCOC)OC.COCCOCC(COCCOC)(COCCOC)COCCOC. The summed E-state index contributed by atoms with van der Waals surface area (Å²) in [5, 5.41) is 0. The fraction of sp³-hybridized carbons (Fsp3) is 1.00. The molecule has 2 atom stereocenters. The monoisotopic (exact) mass is 1070 g/mol. The Labute approximate surface area is 449 Å². The van der Waals surface area contributed by atoms with Gasteiger partial charge in [0.05, 0.1) is 164 Å². The molecule has 0 fully saturated rings. The zero-order valence-electron chi connectivity index (χ0n) is 40.8. The summed E-state index contributed by atoms with van der Waals surface area (Å²) in [7, 11) is 14.8. The highest BCUT2D eigenvalue weighted by Gasteiger charge is 2.32. The Hall–Kier alpha value is -0.760. The molecule has 0 aromatic carbocycles. The number of hydrogen-bond donors (Lipinski definition) is 0. The van der Waals surface area contributed by atoms with Crippen molar-refractivity contribution in [3.8, 4) is 0 Å². The van der Waals surface area contributed by atoms with E-state index in [1.54, 1.807) is 64.0 Å². The highest BCUT2D eigenvalue weighted by atomic mass is 16.6. The molecule has 0 radical (unpaired) electrons. The maximum atomic E-state index is 5.85.